The highest BCUT2D eigenvalue weighted by Crippen LogP contribution is 2.18. The lowest BCUT2D eigenvalue weighted by molar-refractivity contribution is 0.366. The summed E-state index contributed by atoms with van der Waals surface area (Å²) in [5, 5.41) is 7.77. The zero-order valence-corrected chi connectivity index (χ0v) is 12.7. The van der Waals surface area contributed by atoms with E-state index in [4.69, 9.17) is 0 Å². The second kappa shape index (κ2) is 5.21. The van der Waals surface area contributed by atoms with Crippen molar-refractivity contribution >= 4 is 17.0 Å². The Kier molecular flexibility index (Phi) is 3.36. The predicted molar refractivity (Wildman–Crippen MR) is 82.5 cm³/mol. The van der Waals surface area contributed by atoms with Crippen molar-refractivity contribution in [1.29, 1.82) is 0 Å². The van der Waals surface area contributed by atoms with Crippen LogP contribution in [-0.4, -0.2) is 29.7 Å². The second-order valence-corrected chi connectivity index (χ2v) is 5.90. The Morgan fingerprint density at radius 1 is 1.27 bits per heavy atom. The Hall–Kier alpha value is -2.77. The summed E-state index contributed by atoms with van der Waals surface area (Å²) in [4.78, 5) is 27.5. The van der Waals surface area contributed by atoms with Gasteiger partial charge in [0.25, 0.3) is 5.56 Å². The summed E-state index contributed by atoms with van der Waals surface area (Å²) in [7, 11) is 0. The van der Waals surface area contributed by atoms with Gasteiger partial charge in [0.05, 0.1) is 18.3 Å². The molecule has 0 aliphatic heterocycles. The first-order valence-electron chi connectivity index (χ1n) is 6.93. The van der Waals surface area contributed by atoms with Crippen molar-refractivity contribution in [3.63, 3.8) is 0 Å². The van der Waals surface area contributed by atoms with Gasteiger partial charge in [0, 0.05) is 12.4 Å². The molecule has 0 aromatic carbocycles. The Bertz CT molecular complexity index is 845. The van der Waals surface area contributed by atoms with Crippen molar-refractivity contribution < 1.29 is 0 Å². The first-order chi connectivity index (χ1) is 10.4. The SMILES string of the molecule is CC(C)(C)n1ncc2c(=O)[nH]c(NCc3ncccn3)nc21. The van der Waals surface area contributed by atoms with Crippen LogP contribution in [-0.2, 0) is 12.1 Å². The minimum absolute atomic E-state index is 0.225. The Morgan fingerprint density at radius 3 is 2.68 bits per heavy atom. The largest absolute Gasteiger partial charge is 0.348 e. The molecule has 3 heterocycles. The van der Waals surface area contributed by atoms with E-state index < -0.39 is 0 Å². The number of aromatic nitrogens is 6. The molecule has 0 unspecified atom stereocenters. The highest BCUT2D eigenvalue weighted by molar-refractivity contribution is 5.74. The van der Waals surface area contributed by atoms with Crippen molar-refractivity contribution in [1.82, 2.24) is 29.7 Å². The van der Waals surface area contributed by atoms with Crippen LogP contribution in [0.1, 0.15) is 26.6 Å². The molecule has 3 aromatic heterocycles. The topological polar surface area (TPSA) is 101 Å². The van der Waals surface area contributed by atoms with Crippen molar-refractivity contribution in [2.75, 3.05) is 5.32 Å². The van der Waals surface area contributed by atoms with Gasteiger partial charge in [-0.1, -0.05) is 0 Å². The molecule has 0 bridgehead atoms. The molecular weight excluding hydrogens is 282 g/mol. The lowest BCUT2D eigenvalue weighted by Crippen LogP contribution is -2.24. The fourth-order valence-electron chi connectivity index (χ4n) is 2.08. The van der Waals surface area contributed by atoms with E-state index in [1.165, 1.54) is 6.20 Å². The minimum atomic E-state index is -0.262. The second-order valence-electron chi connectivity index (χ2n) is 5.90. The highest BCUT2D eigenvalue weighted by atomic mass is 16.1. The highest BCUT2D eigenvalue weighted by Gasteiger charge is 2.19. The van der Waals surface area contributed by atoms with Crippen LogP contribution in [0.2, 0.25) is 0 Å². The molecule has 0 spiro atoms. The van der Waals surface area contributed by atoms with Gasteiger partial charge < -0.3 is 5.32 Å². The van der Waals surface area contributed by atoms with Gasteiger partial charge in [-0.25, -0.2) is 14.6 Å². The van der Waals surface area contributed by atoms with Crippen molar-refractivity contribution in [2.24, 2.45) is 0 Å². The summed E-state index contributed by atoms with van der Waals surface area (Å²) in [6, 6.07) is 1.75. The number of aromatic amines is 1. The van der Waals surface area contributed by atoms with Crippen LogP contribution in [0.15, 0.2) is 29.5 Å². The zero-order chi connectivity index (χ0) is 15.7. The molecule has 0 radical (unpaired) electrons. The van der Waals surface area contributed by atoms with E-state index in [0.717, 1.165) is 0 Å². The maximum Gasteiger partial charge on any atom is 0.263 e. The van der Waals surface area contributed by atoms with Gasteiger partial charge in [0.15, 0.2) is 5.65 Å². The fraction of sp³-hybridized carbons (Fsp3) is 0.357. The third-order valence-corrected chi connectivity index (χ3v) is 3.11. The number of hydrogen-bond donors (Lipinski definition) is 2. The number of hydrogen-bond acceptors (Lipinski definition) is 6. The third kappa shape index (κ3) is 2.67. The molecule has 2 N–H and O–H groups in total. The number of nitrogens with zero attached hydrogens (tertiary/aromatic N) is 5. The normalized spacial score (nSPS) is 11.8. The van der Waals surface area contributed by atoms with Crippen LogP contribution < -0.4 is 10.9 Å². The average Bonchev–Trinajstić information content (AvgIpc) is 2.91. The van der Waals surface area contributed by atoms with E-state index in [1.807, 2.05) is 20.8 Å². The van der Waals surface area contributed by atoms with Crippen molar-refractivity contribution in [3.05, 3.63) is 40.8 Å². The third-order valence-electron chi connectivity index (χ3n) is 3.11. The molecular formula is C14H17N7O. The first kappa shape index (κ1) is 14.2. The van der Waals surface area contributed by atoms with Crippen LogP contribution in [0.3, 0.4) is 0 Å². The molecule has 0 amide bonds. The van der Waals surface area contributed by atoms with Crippen LogP contribution in [0.4, 0.5) is 5.95 Å². The Labute approximate surface area is 126 Å². The predicted octanol–water partition coefficient (Wildman–Crippen LogP) is 1.28. The summed E-state index contributed by atoms with van der Waals surface area (Å²) in [5.41, 5.74) is 0.0623. The van der Waals surface area contributed by atoms with E-state index in [9.17, 15) is 4.79 Å². The van der Waals surface area contributed by atoms with Crippen LogP contribution in [0.25, 0.3) is 11.0 Å². The number of rotatable bonds is 3. The molecule has 0 atom stereocenters. The minimum Gasteiger partial charge on any atom is -0.348 e. The summed E-state index contributed by atoms with van der Waals surface area (Å²) in [6.07, 6.45) is 4.87. The summed E-state index contributed by atoms with van der Waals surface area (Å²) in [5.74, 6) is 0.991. The van der Waals surface area contributed by atoms with Gasteiger partial charge in [0.1, 0.15) is 11.2 Å². The number of H-pyrrole nitrogens is 1. The molecule has 0 aliphatic carbocycles. The van der Waals surface area contributed by atoms with E-state index in [0.29, 0.717) is 29.4 Å². The van der Waals surface area contributed by atoms with E-state index >= 15 is 0 Å². The van der Waals surface area contributed by atoms with Gasteiger partial charge in [-0.3, -0.25) is 9.78 Å². The number of nitrogens with one attached hydrogen (secondary N) is 2. The standard InChI is InChI=1S/C14H17N7O/c1-14(2,3)21-11-9(7-18-21)12(22)20-13(19-11)17-8-10-15-5-4-6-16-10/h4-7H,8H2,1-3H3,(H2,17,19,20,22). The maximum atomic E-state index is 12.1. The van der Waals surface area contributed by atoms with Gasteiger partial charge in [-0.2, -0.15) is 10.1 Å². The molecule has 22 heavy (non-hydrogen) atoms. The molecule has 3 aromatic rings. The molecule has 0 fully saturated rings. The lowest BCUT2D eigenvalue weighted by Gasteiger charge is -2.19. The van der Waals surface area contributed by atoms with Gasteiger partial charge in [-0.05, 0) is 26.8 Å². The monoisotopic (exact) mass is 299 g/mol. The van der Waals surface area contributed by atoms with Crippen molar-refractivity contribution in [2.45, 2.75) is 32.9 Å². The number of fused-ring (bicyclic) bond motifs is 1. The van der Waals surface area contributed by atoms with Gasteiger partial charge >= 0.3 is 0 Å². The summed E-state index contributed by atoms with van der Waals surface area (Å²) in [6.45, 7) is 6.40. The van der Waals surface area contributed by atoms with Crippen LogP contribution in [0.5, 0.6) is 0 Å². The van der Waals surface area contributed by atoms with E-state index in [-0.39, 0.29) is 11.1 Å². The Balaban J connectivity index is 1.96. The van der Waals surface area contributed by atoms with Gasteiger partial charge in [-0.15, -0.1) is 0 Å². The zero-order valence-electron chi connectivity index (χ0n) is 12.7. The van der Waals surface area contributed by atoms with Gasteiger partial charge in [0.2, 0.25) is 5.95 Å². The molecule has 8 heteroatoms. The van der Waals surface area contributed by atoms with Crippen molar-refractivity contribution in [3.8, 4) is 0 Å². The summed E-state index contributed by atoms with van der Waals surface area (Å²) >= 11 is 0. The van der Waals surface area contributed by atoms with Crippen LogP contribution in [0, 0.1) is 0 Å². The first-order valence-corrected chi connectivity index (χ1v) is 6.93. The molecule has 114 valence electrons. The smallest absolute Gasteiger partial charge is 0.263 e. The molecule has 0 aliphatic rings. The Morgan fingerprint density at radius 2 is 2.00 bits per heavy atom. The van der Waals surface area contributed by atoms with E-state index in [2.05, 4.69) is 30.4 Å². The molecule has 8 nitrogen and oxygen atoms in total. The number of anilines is 1. The lowest BCUT2D eigenvalue weighted by atomic mass is 10.1. The molecule has 0 saturated heterocycles. The fourth-order valence-corrected chi connectivity index (χ4v) is 2.08. The van der Waals surface area contributed by atoms with E-state index in [1.54, 1.807) is 23.1 Å². The quantitative estimate of drug-likeness (QED) is 0.755. The summed E-state index contributed by atoms with van der Waals surface area (Å²) < 4.78 is 1.74. The maximum absolute atomic E-state index is 12.1. The average molecular weight is 299 g/mol. The van der Waals surface area contributed by atoms with Crippen LogP contribution >= 0.6 is 0 Å². The molecule has 3 rings (SSSR count). The molecule has 0 saturated carbocycles.